The molecule has 0 fully saturated rings. The summed E-state index contributed by atoms with van der Waals surface area (Å²) in [6, 6.07) is 6.86. The molecular formula is C12H18N2O2. The molecule has 4 nitrogen and oxygen atoms in total. The van der Waals surface area contributed by atoms with E-state index in [2.05, 4.69) is 5.32 Å². The summed E-state index contributed by atoms with van der Waals surface area (Å²) in [4.78, 5) is 11.6. The summed E-state index contributed by atoms with van der Waals surface area (Å²) in [5, 5.41) is 11.8. The Bertz CT molecular complexity index is 351. The van der Waals surface area contributed by atoms with Gasteiger partial charge in [-0.25, -0.2) is 0 Å². The number of rotatable bonds is 5. The maximum Gasteiger partial charge on any atom is 0.251 e. The first kappa shape index (κ1) is 12.5. The number of aliphatic hydroxyl groups is 1. The van der Waals surface area contributed by atoms with Crippen molar-refractivity contribution in [2.45, 2.75) is 25.9 Å². The van der Waals surface area contributed by atoms with Crippen LogP contribution in [0.4, 0.5) is 5.69 Å². The van der Waals surface area contributed by atoms with Gasteiger partial charge < -0.3 is 16.2 Å². The zero-order valence-corrected chi connectivity index (χ0v) is 9.44. The number of aliphatic hydroxyl groups excluding tert-OH is 1. The van der Waals surface area contributed by atoms with E-state index in [1.54, 1.807) is 31.2 Å². The predicted octanol–water partition coefficient (Wildman–Crippen LogP) is 1.16. The molecule has 0 radical (unpaired) electrons. The number of carbonyl (C=O) groups excluding carboxylic acids is 1. The molecule has 4 N–H and O–H groups in total. The van der Waals surface area contributed by atoms with Crippen molar-refractivity contribution >= 4 is 11.6 Å². The van der Waals surface area contributed by atoms with Crippen LogP contribution in [-0.4, -0.2) is 23.7 Å². The lowest BCUT2D eigenvalue weighted by Crippen LogP contribution is -2.25. The topological polar surface area (TPSA) is 75.3 Å². The smallest absolute Gasteiger partial charge is 0.251 e. The van der Waals surface area contributed by atoms with Crippen molar-refractivity contribution in [3.8, 4) is 0 Å². The van der Waals surface area contributed by atoms with E-state index in [1.165, 1.54) is 0 Å². The van der Waals surface area contributed by atoms with Crippen LogP contribution in [0.15, 0.2) is 24.3 Å². The molecule has 1 rings (SSSR count). The van der Waals surface area contributed by atoms with Gasteiger partial charge in [0.05, 0.1) is 6.10 Å². The van der Waals surface area contributed by atoms with Gasteiger partial charge in [0, 0.05) is 17.8 Å². The molecule has 0 spiro atoms. The molecule has 0 bridgehead atoms. The molecule has 0 aliphatic carbocycles. The molecular weight excluding hydrogens is 204 g/mol. The standard InChI is InChI=1S/C12H18N2O2/c1-9(15)4-3-7-14-12(16)10-5-2-6-11(13)8-10/h2,5-6,8-9,15H,3-4,7,13H2,1H3,(H,14,16). The van der Waals surface area contributed by atoms with E-state index in [9.17, 15) is 4.79 Å². The molecule has 1 aromatic carbocycles. The molecule has 1 amide bonds. The van der Waals surface area contributed by atoms with Gasteiger partial charge in [0.15, 0.2) is 0 Å². The fraction of sp³-hybridized carbons (Fsp3) is 0.417. The Morgan fingerprint density at radius 2 is 2.31 bits per heavy atom. The Kier molecular flexibility index (Phi) is 4.79. The first-order valence-corrected chi connectivity index (χ1v) is 5.41. The Balaban J connectivity index is 2.35. The van der Waals surface area contributed by atoms with Crippen molar-refractivity contribution in [2.24, 2.45) is 0 Å². The Labute approximate surface area is 95.5 Å². The average Bonchev–Trinajstić information content (AvgIpc) is 2.24. The minimum Gasteiger partial charge on any atom is -0.399 e. The normalized spacial score (nSPS) is 12.1. The molecule has 0 aliphatic rings. The summed E-state index contributed by atoms with van der Waals surface area (Å²) < 4.78 is 0. The third-order valence-corrected chi connectivity index (χ3v) is 2.23. The highest BCUT2D eigenvalue weighted by molar-refractivity contribution is 5.94. The number of hydrogen-bond donors (Lipinski definition) is 3. The van der Waals surface area contributed by atoms with E-state index in [4.69, 9.17) is 10.8 Å². The van der Waals surface area contributed by atoms with Crippen molar-refractivity contribution in [2.75, 3.05) is 12.3 Å². The van der Waals surface area contributed by atoms with Crippen LogP contribution in [0.25, 0.3) is 0 Å². The third kappa shape index (κ3) is 4.31. The zero-order chi connectivity index (χ0) is 12.0. The van der Waals surface area contributed by atoms with Gasteiger partial charge in [-0.2, -0.15) is 0 Å². The van der Waals surface area contributed by atoms with Crippen molar-refractivity contribution in [1.82, 2.24) is 5.32 Å². The van der Waals surface area contributed by atoms with Gasteiger partial charge in [-0.05, 0) is 38.0 Å². The third-order valence-electron chi connectivity index (χ3n) is 2.23. The Morgan fingerprint density at radius 1 is 1.56 bits per heavy atom. The molecule has 16 heavy (non-hydrogen) atoms. The molecule has 0 aliphatic heterocycles. The van der Waals surface area contributed by atoms with Crippen molar-refractivity contribution in [3.05, 3.63) is 29.8 Å². The molecule has 1 unspecified atom stereocenters. The molecule has 4 heteroatoms. The fourth-order valence-corrected chi connectivity index (χ4v) is 1.38. The largest absolute Gasteiger partial charge is 0.399 e. The number of carbonyl (C=O) groups is 1. The van der Waals surface area contributed by atoms with Gasteiger partial charge in [-0.3, -0.25) is 4.79 Å². The second-order valence-electron chi connectivity index (χ2n) is 3.87. The van der Waals surface area contributed by atoms with E-state index in [0.717, 1.165) is 6.42 Å². The summed E-state index contributed by atoms with van der Waals surface area (Å²) in [6.07, 6.45) is 1.15. The van der Waals surface area contributed by atoms with Crippen LogP contribution in [-0.2, 0) is 0 Å². The zero-order valence-electron chi connectivity index (χ0n) is 9.44. The maximum atomic E-state index is 11.6. The molecule has 0 saturated heterocycles. The second-order valence-corrected chi connectivity index (χ2v) is 3.87. The predicted molar refractivity (Wildman–Crippen MR) is 64.1 cm³/mol. The van der Waals surface area contributed by atoms with Gasteiger partial charge in [-0.1, -0.05) is 6.07 Å². The average molecular weight is 222 g/mol. The lowest BCUT2D eigenvalue weighted by Gasteiger charge is -2.06. The first-order valence-electron chi connectivity index (χ1n) is 5.41. The van der Waals surface area contributed by atoms with Crippen molar-refractivity contribution < 1.29 is 9.90 Å². The Morgan fingerprint density at radius 3 is 2.94 bits per heavy atom. The van der Waals surface area contributed by atoms with Crippen molar-refractivity contribution in [1.29, 1.82) is 0 Å². The van der Waals surface area contributed by atoms with Gasteiger partial charge in [0.2, 0.25) is 0 Å². The second kappa shape index (κ2) is 6.12. The highest BCUT2D eigenvalue weighted by Crippen LogP contribution is 2.06. The minimum atomic E-state index is -0.315. The lowest BCUT2D eigenvalue weighted by molar-refractivity contribution is 0.0949. The van der Waals surface area contributed by atoms with Gasteiger partial charge in [-0.15, -0.1) is 0 Å². The Hall–Kier alpha value is -1.55. The molecule has 0 aromatic heterocycles. The van der Waals surface area contributed by atoms with Crippen LogP contribution in [0.3, 0.4) is 0 Å². The minimum absolute atomic E-state index is 0.127. The van der Waals surface area contributed by atoms with Crippen LogP contribution in [0.1, 0.15) is 30.1 Å². The first-order chi connectivity index (χ1) is 7.59. The highest BCUT2D eigenvalue weighted by Gasteiger charge is 2.04. The van der Waals surface area contributed by atoms with Crippen LogP contribution < -0.4 is 11.1 Å². The molecule has 0 heterocycles. The quantitative estimate of drug-likeness (QED) is 0.517. The molecule has 1 aromatic rings. The van der Waals surface area contributed by atoms with Gasteiger partial charge in [0.25, 0.3) is 5.91 Å². The fourth-order valence-electron chi connectivity index (χ4n) is 1.38. The summed E-state index contributed by atoms with van der Waals surface area (Å²) >= 11 is 0. The molecule has 88 valence electrons. The van der Waals surface area contributed by atoms with Crippen LogP contribution >= 0.6 is 0 Å². The number of anilines is 1. The van der Waals surface area contributed by atoms with Gasteiger partial charge >= 0.3 is 0 Å². The monoisotopic (exact) mass is 222 g/mol. The van der Waals surface area contributed by atoms with Gasteiger partial charge in [0.1, 0.15) is 0 Å². The SMILES string of the molecule is CC(O)CCCNC(=O)c1cccc(N)c1. The lowest BCUT2D eigenvalue weighted by atomic mass is 10.2. The summed E-state index contributed by atoms with van der Waals surface area (Å²) in [6.45, 7) is 2.30. The van der Waals surface area contributed by atoms with E-state index < -0.39 is 0 Å². The van der Waals surface area contributed by atoms with E-state index in [-0.39, 0.29) is 12.0 Å². The van der Waals surface area contributed by atoms with Crippen LogP contribution in [0.5, 0.6) is 0 Å². The maximum absolute atomic E-state index is 11.6. The highest BCUT2D eigenvalue weighted by atomic mass is 16.3. The number of benzene rings is 1. The van der Waals surface area contributed by atoms with E-state index >= 15 is 0 Å². The van der Waals surface area contributed by atoms with Crippen LogP contribution in [0, 0.1) is 0 Å². The van der Waals surface area contributed by atoms with Crippen LogP contribution in [0.2, 0.25) is 0 Å². The molecule has 0 saturated carbocycles. The summed E-state index contributed by atoms with van der Waals surface area (Å²) in [5.74, 6) is -0.127. The summed E-state index contributed by atoms with van der Waals surface area (Å²) in [5.41, 5.74) is 6.72. The number of nitrogen functional groups attached to an aromatic ring is 1. The number of hydrogen-bond acceptors (Lipinski definition) is 3. The number of amides is 1. The summed E-state index contributed by atoms with van der Waals surface area (Å²) in [7, 11) is 0. The van der Waals surface area contributed by atoms with E-state index in [1.807, 2.05) is 0 Å². The molecule has 1 atom stereocenters. The van der Waals surface area contributed by atoms with Crippen molar-refractivity contribution in [3.63, 3.8) is 0 Å². The number of nitrogens with one attached hydrogen (secondary N) is 1. The number of nitrogens with two attached hydrogens (primary N) is 1. The van der Waals surface area contributed by atoms with E-state index in [0.29, 0.717) is 24.2 Å².